The predicted octanol–water partition coefficient (Wildman–Crippen LogP) is 1.02. The second-order valence-electron chi connectivity index (χ2n) is 1.22. The van der Waals surface area contributed by atoms with Gasteiger partial charge in [-0.1, -0.05) is 12.2 Å². The highest BCUT2D eigenvalue weighted by atomic mass is 31.1. The van der Waals surface area contributed by atoms with Crippen molar-refractivity contribution >= 4 is 8.69 Å². The van der Waals surface area contributed by atoms with Crippen molar-refractivity contribution in [2.75, 3.05) is 13.2 Å². The standard InChI is InChI=1S/C6H10O.H3O2P/c1-3-5-7-6-4-2;1-3-2/h3-4H,1-2,5-6H2;3H2,(H,1,2). The van der Waals surface area contributed by atoms with Crippen molar-refractivity contribution in [2.45, 2.75) is 0 Å². The summed E-state index contributed by atoms with van der Waals surface area (Å²) in [4.78, 5) is 7.10. The first-order chi connectivity index (χ1) is 4.83. The molecule has 0 rings (SSSR count). The van der Waals surface area contributed by atoms with Crippen LogP contribution in [0.4, 0.5) is 0 Å². The van der Waals surface area contributed by atoms with E-state index >= 15 is 0 Å². The number of hydrogen-bond donors (Lipinski definition) is 1. The van der Waals surface area contributed by atoms with Gasteiger partial charge in [0.25, 0.3) is 0 Å². The largest absolute Gasteiger partial charge is 0.373 e. The highest BCUT2D eigenvalue weighted by Crippen LogP contribution is 1.72. The van der Waals surface area contributed by atoms with Gasteiger partial charge in [-0.25, -0.2) is 0 Å². The van der Waals surface area contributed by atoms with Gasteiger partial charge in [0.15, 0.2) is 8.69 Å². The molecule has 0 radical (unpaired) electrons. The molecule has 1 N–H and O–H groups in total. The fraction of sp³-hybridized carbons (Fsp3) is 0.333. The summed E-state index contributed by atoms with van der Waals surface area (Å²) in [5.41, 5.74) is 0. The van der Waals surface area contributed by atoms with Crippen molar-refractivity contribution in [3.8, 4) is 0 Å². The van der Waals surface area contributed by atoms with Gasteiger partial charge in [0.1, 0.15) is 0 Å². The van der Waals surface area contributed by atoms with Gasteiger partial charge in [0.2, 0.25) is 0 Å². The molecule has 0 amide bonds. The molecule has 10 heavy (non-hydrogen) atoms. The average molecular weight is 164 g/mol. The van der Waals surface area contributed by atoms with Crippen LogP contribution >= 0.6 is 8.69 Å². The maximum Gasteiger partial charge on any atom is 0.177 e. The summed E-state index contributed by atoms with van der Waals surface area (Å²) in [6.45, 7) is 8.18. The van der Waals surface area contributed by atoms with E-state index in [2.05, 4.69) is 13.2 Å². The molecule has 0 spiro atoms. The summed E-state index contributed by atoms with van der Waals surface area (Å²) >= 11 is 0. The minimum absolute atomic E-state index is 0.617. The van der Waals surface area contributed by atoms with Crippen LogP contribution in [0.1, 0.15) is 0 Å². The lowest BCUT2D eigenvalue weighted by molar-refractivity contribution is 0.194. The lowest BCUT2D eigenvalue weighted by atomic mass is 10.6. The molecule has 0 saturated heterocycles. The van der Waals surface area contributed by atoms with Gasteiger partial charge < -0.3 is 9.63 Å². The van der Waals surface area contributed by atoms with E-state index in [1.807, 2.05) is 0 Å². The molecule has 0 aromatic carbocycles. The van der Waals surface area contributed by atoms with Crippen LogP contribution < -0.4 is 0 Å². The van der Waals surface area contributed by atoms with E-state index in [1.54, 1.807) is 12.2 Å². The molecule has 0 aliphatic rings. The number of rotatable bonds is 4. The Morgan fingerprint density at radius 2 is 1.70 bits per heavy atom. The van der Waals surface area contributed by atoms with E-state index in [9.17, 15) is 0 Å². The zero-order valence-electron chi connectivity index (χ0n) is 5.82. The first-order valence-corrected chi connectivity index (χ1v) is 3.69. The van der Waals surface area contributed by atoms with Crippen LogP contribution in [-0.4, -0.2) is 18.1 Å². The Hall–Kier alpha value is -0.370. The topological polar surface area (TPSA) is 46.5 Å². The van der Waals surface area contributed by atoms with Crippen LogP contribution in [0.15, 0.2) is 25.3 Å². The molecule has 0 heterocycles. The van der Waals surface area contributed by atoms with Crippen molar-refractivity contribution < 1.29 is 14.2 Å². The Morgan fingerprint density at radius 1 is 1.40 bits per heavy atom. The van der Waals surface area contributed by atoms with Crippen LogP contribution in [-0.2, 0) is 9.30 Å². The van der Waals surface area contributed by atoms with E-state index in [4.69, 9.17) is 14.2 Å². The Bertz CT molecular complexity index is 85.0. The van der Waals surface area contributed by atoms with Gasteiger partial charge in [0, 0.05) is 0 Å². The van der Waals surface area contributed by atoms with Crippen molar-refractivity contribution in [1.29, 1.82) is 0 Å². The van der Waals surface area contributed by atoms with Gasteiger partial charge in [-0.05, 0) is 0 Å². The fourth-order valence-electron chi connectivity index (χ4n) is 0.235. The van der Waals surface area contributed by atoms with Crippen LogP contribution in [0.5, 0.6) is 0 Å². The van der Waals surface area contributed by atoms with Crippen LogP contribution in [0.3, 0.4) is 0 Å². The SMILES string of the molecule is C=CCOCC=C.O=[PH2]O. The summed E-state index contributed by atoms with van der Waals surface area (Å²) in [6.07, 6.45) is 3.42. The van der Waals surface area contributed by atoms with E-state index < -0.39 is 8.69 Å². The van der Waals surface area contributed by atoms with Gasteiger partial charge in [-0.15, -0.1) is 13.2 Å². The highest BCUT2D eigenvalue weighted by molar-refractivity contribution is 7.16. The quantitative estimate of drug-likeness (QED) is 0.383. The van der Waals surface area contributed by atoms with Crippen LogP contribution in [0.25, 0.3) is 0 Å². The van der Waals surface area contributed by atoms with Gasteiger partial charge >= 0.3 is 0 Å². The minimum atomic E-state index is -1.50. The molecule has 4 heteroatoms. The molecule has 0 saturated carbocycles. The Labute approximate surface area is 62.3 Å². The first kappa shape index (κ1) is 12.3. The van der Waals surface area contributed by atoms with E-state index in [0.717, 1.165) is 0 Å². The zero-order chi connectivity index (χ0) is 8.24. The Kier molecular flexibility index (Phi) is 19.5. The van der Waals surface area contributed by atoms with Gasteiger partial charge in [0.05, 0.1) is 13.2 Å². The van der Waals surface area contributed by atoms with Crippen molar-refractivity contribution in [3.05, 3.63) is 25.3 Å². The monoisotopic (exact) mass is 164 g/mol. The molecule has 0 fully saturated rings. The molecular weight excluding hydrogens is 151 g/mol. The first-order valence-electron chi connectivity index (χ1n) is 2.70. The summed E-state index contributed by atoms with van der Waals surface area (Å²) < 4.78 is 13.5. The normalized spacial score (nSPS) is 8.50. The van der Waals surface area contributed by atoms with E-state index in [1.165, 1.54) is 0 Å². The molecule has 0 aliphatic heterocycles. The molecule has 0 bridgehead atoms. The maximum absolute atomic E-state index is 8.57. The smallest absolute Gasteiger partial charge is 0.177 e. The van der Waals surface area contributed by atoms with Crippen molar-refractivity contribution in [1.82, 2.24) is 0 Å². The maximum atomic E-state index is 8.57. The third-order valence-electron chi connectivity index (χ3n) is 0.471. The average Bonchev–Trinajstić information content (AvgIpc) is 1.91. The molecule has 0 aliphatic carbocycles. The predicted molar refractivity (Wildman–Crippen MR) is 43.8 cm³/mol. The minimum Gasteiger partial charge on any atom is -0.373 e. The molecule has 0 aromatic rings. The molecule has 60 valence electrons. The summed E-state index contributed by atoms with van der Waals surface area (Å²) in [6, 6.07) is 0. The van der Waals surface area contributed by atoms with Crippen molar-refractivity contribution in [2.24, 2.45) is 0 Å². The lowest BCUT2D eigenvalue weighted by Gasteiger charge is -1.89. The highest BCUT2D eigenvalue weighted by Gasteiger charge is 1.70. The second kappa shape index (κ2) is 15.9. The lowest BCUT2D eigenvalue weighted by Crippen LogP contribution is -1.87. The van der Waals surface area contributed by atoms with Gasteiger partial charge in [-0.3, -0.25) is 4.57 Å². The molecule has 1 unspecified atom stereocenters. The number of hydrogen-bond acceptors (Lipinski definition) is 2. The summed E-state index contributed by atoms with van der Waals surface area (Å²) in [5, 5.41) is 0. The number of ether oxygens (including phenoxy) is 1. The van der Waals surface area contributed by atoms with E-state index in [-0.39, 0.29) is 0 Å². The molecule has 0 aromatic heterocycles. The molecule has 1 atom stereocenters. The molecular formula is C6H13O3P. The van der Waals surface area contributed by atoms with Crippen LogP contribution in [0.2, 0.25) is 0 Å². The Morgan fingerprint density at radius 3 is 1.90 bits per heavy atom. The van der Waals surface area contributed by atoms with Gasteiger partial charge in [-0.2, -0.15) is 0 Å². The third kappa shape index (κ3) is 25.5. The Balaban J connectivity index is 0. The van der Waals surface area contributed by atoms with Crippen LogP contribution in [0, 0.1) is 0 Å². The van der Waals surface area contributed by atoms with Crippen molar-refractivity contribution in [3.63, 3.8) is 0 Å². The second-order valence-corrected chi connectivity index (χ2v) is 1.43. The molecule has 3 nitrogen and oxygen atoms in total. The summed E-state index contributed by atoms with van der Waals surface area (Å²) in [5.74, 6) is 0. The zero-order valence-corrected chi connectivity index (χ0v) is 6.98. The van der Waals surface area contributed by atoms with E-state index in [0.29, 0.717) is 13.2 Å². The fourth-order valence-corrected chi connectivity index (χ4v) is 0.235. The summed E-state index contributed by atoms with van der Waals surface area (Å²) in [7, 11) is -1.50. The third-order valence-corrected chi connectivity index (χ3v) is 0.471.